The molecule has 0 bridgehead atoms. The van der Waals surface area contributed by atoms with Crippen molar-refractivity contribution in [1.29, 1.82) is 0 Å². The Labute approximate surface area is 108 Å². The quantitative estimate of drug-likeness (QED) is 0.728. The average molecular weight is 259 g/mol. The number of anilines is 1. The molecule has 3 heterocycles. The monoisotopic (exact) mass is 259 g/mol. The summed E-state index contributed by atoms with van der Waals surface area (Å²) in [6.45, 7) is 6.05. The Hall–Kier alpha value is -1.95. The fraction of sp³-hybridized carbons (Fsp3) is 0.250. The zero-order valence-corrected chi connectivity index (χ0v) is 11.2. The molecular formula is C12H13N5S. The van der Waals surface area contributed by atoms with Crippen LogP contribution in [0.2, 0.25) is 0 Å². The third-order valence-electron chi connectivity index (χ3n) is 3.07. The predicted molar refractivity (Wildman–Crippen MR) is 72.7 cm³/mol. The number of fused-ring (bicyclic) bond motifs is 1. The van der Waals surface area contributed by atoms with E-state index in [0.717, 1.165) is 33.3 Å². The average Bonchev–Trinajstić information content (AvgIpc) is 2.81. The SMILES string of the molecule is Cc1cc2nnc(-c3c(N)sc(C)c3C)n2cn1. The molecule has 92 valence electrons. The summed E-state index contributed by atoms with van der Waals surface area (Å²) in [6, 6.07) is 1.90. The molecule has 6 heteroatoms. The van der Waals surface area contributed by atoms with Crippen LogP contribution < -0.4 is 5.73 Å². The molecule has 0 atom stereocenters. The van der Waals surface area contributed by atoms with Gasteiger partial charge in [0.05, 0.1) is 10.6 Å². The second-order valence-electron chi connectivity index (χ2n) is 4.30. The molecule has 0 aromatic carbocycles. The standard InChI is InChI=1S/C12H13N5S/c1-6-4-9-15-16-12(17(9)5-14-6)10-7(2)8(3)18-11(10)13/h4-5H,13H2,1-3H3. The normalized spacial score (nSPS) is 11.3. The van der Waals surface area contributed by atoms with E-state index in [4.69, 9.17) is 5.73 Å². The highest BCUT2D eigenvalue weighted by Gasteiger charge is 2.17. The number of nitrogens with zero attached hydrogens (tertiary/aromatic N) is 4. The van der Waals surface area contributed by atoms with Gasteiger partial charge in [0, 0.05) is 16.6 Å². The first-order chi connectivity index (χ1) is 8.58. The fourth-order valence-corrected chi connectivity index (χ4v) is 2.92. The zero-order valence-electron chi connectivity index (χ0n) is 10.4. The number of hydrogen-bond donors (Lipinski definition) is 1. The molecule has 0 unspecified atom stereocenters. The van der Waals surface area contributed by atoms with Crippen molar-refractivity contribution in [3.05, 3.63) is 28.5 Å². The Morgan fingerprint density at radius 1 is 1.22 bits per heavy atom. The number of nitrogen functional groups attached to an aromatic ring is 1. The fourth-order valence-electron chi connectivity index (χ4n) is 1.99. The maximum absolute atomic E-state index is 6.07. The van der Waals surface area contributed by atoms with Gasteiger partial charge >= 0.3 is 0 Å². The maximum Gasteiger partial charge on any atom is 0.172 e. The second-order valence-corrected chi connectivity index (χ2v) is 5.56. The van der Waals surface area contributed by atoms with E-state index in [-0.39, 0.29) is 0 Å². The van der Waals surface area contributed by atoms with Gasteiger partial charge in [-0.15, -0.1) is 21.5 Å². The van der Waals surface area contributed by atoms with Crippen molar-refractivity contribution in [3.63, 3.8) is 0 Å². The highest BCUT2D eigenvalue weighted by atomic mass is 32.1. The smallest absolute Gasteiger partial charge is 0.172 e. The van der Waals surface area contributed by atoms with Crippen molar-refractivity contribution < 1.29 is 0 Å². The van der Waals surface area contributed by atoms with Crippen LogP contribution in [0.1, 0.15) is 16.1 Å². The minimum absolute atomic E-state index is 0.761. The molecule has 5 nitrogen and oxygen atoms in total. The molecule has 0 saturated carbocycles. The van der Waals surface area contributed by atoms with Crippen molar-refractivity contribution in [2.45, 2.75) is 20.8 Å². The van der Waals surface area contributed by atoms with Gasteiger partial charge in [-0.1, -0.05) is 0 Å². The van der Waals surface area contributed by atoms with Crippen LogP contribution in [0.5, 0.6) is 0 Å². The van der Waals surface area contributed by atoms with Crippen molar-refractivity contribution in [2.24, 2.45) is 0 Å². The van der Waals surface area contributed by atoms with E-state index in [1.807, 2.05) is 17.4 Å². The second kappa shape index (κ2) is 3.78. The van der Waals surface area contributed by atoms with Crippen LogP contribution in [0.15, 0.2) is 12.4 Å². The highest BCUT2D eigenvalue weighted by molar-refractivity contribution is 7.16. The Bertz CT molecular complexity index is 740. The van der Waals surface area contributed by atoms with E-state index >= 15 is 0 Å². The Balaban J connectivity index is 2.32. The first-order valence-corrected chi connectivity index (χ1v) is 6.43. The van der Waals surface area contributed by atoms with Crippen molar-refractivity contribution in [3.8, 4) is 11.4 Å². The number of nitrogens with two attached hydrogens (primary N) is 1. The third-order valence-corrected chi connectivity index (χ3v) is 4.11. The lowest BCUT2D eigenvalue weighted by Gasteiger charge is -2.01. The van der Waals surface area contributed by atoms with Gasteiger partial charge < -0.3 is 5.73 Å². The van der Waals surface area contributed by atoms with E-state index in [2.05, 4.69) is 29.0 Å². The molecule has 3 rings (SSSR count). The maximum atomic E-state index is 6.07. The molecule has 0 aliphatic rings. The Morgan fingerprint density at radius 3 is 2.67 bits per heavy atom. The minimum atomic E-state index is 0.761. The largest absolute Gasteiger partial charge is 0.390 e. The van der Waals surface area contributed by atoms with Crippen LogP contribution in [0.4, 0.5) is 5.00 Å². The first kappa shape index (κ1) is 11.2. The van der Waals surface area contributed by atoms with Gasteiger partial charge in [-0.3, -0.25) is 4.40 Å². The summed E-state index contributed by atoms with van der Waals surface area (Å²) in [5, 5.41) is 9.19. The molecule has 0 saturated heterocycles. The molecule has 0 aliphatic carbocycles. The van der Waals surface area contributed by atoms with Crippen LogP contribution in [0.25, 0.3) is 17.0 Å². The Kier molecular flexibility index (Phi) is 2.34. The predicted octanol–water partition coefficient (Wildman–Crippen LogP) is 2.36. The van der Waals surface area contributed by atoms with Crippen LogP contribution in [0.3, 0.4) is 0 Å². The van der Waals surface area contributed by atoms with E-state index in [1.165, 1.54) is 4.88 Å². The van der Waals surface area contributed by atoms with Gasteiger partial charge in [-0.2, -0.15) is 0 Å². The van der Waals surface area contributed by atoms with Crippen LogP contribution >= 0.6 is 11.3 Å². The van der Waals surface area contributed by atoms with Crippen molar-refractivity contribution in [1.82, 2.24) is 19.6 Å². The zero-order chi connectivity index (χ0) is 12.9. The van der Waals surface area contributed by atoms with Crippen LogP contribution in [-0.2, 0) is 0 Å². The Morgan fingerprint density at radius 2 is 2.00 bits per heavy atom. The van der Waals surface area contributed by atoms with E-state index in [9.17, 15) is 0 Å². The van der Waals surface area contributed by atoms with Gasteiger partial charge in [0.2, 0.25) is 0 Å². The van der Waals surface area contributed by atoms with Crippen LogP contribution in [0, 0.1) is 20.8 Å². The molecular weight excluding hydrogens is 246 g/mol. The highest BCUT2D eigenvalue weighted by Crippen LogP contribution is 2.36. The molecule has 3 aromatic rings. The lowest BCUT2D eigenvalue weighted by molar-refractivity contribution is 1.05. The molecule has 0 amide bonds. The van der Waals surface area contributed by atoms with E-state index in [0.29, 0.717) is 0 Å². The van der Waals surface area contributed by atoms with Gasteiger partial charge in [-0.25, -0.2) is 4.98 Å². The molecule has 3 aromatic heterocycles. The van der Waals surface area contributed by atoms with Gasteiger partial charge in [-0.05, 0) is 26.3 Å². The lowest BCUT2D eigenvalue weighted by Crippen LogP contribution is -1.95. The lowest BCUT2D eigenvalue weighted by atomic mass is 10.1. The van der Waals surface area contributed by atoms with Gasteiger partial charge in [0.1, 0.15) is 6.33 Å². The van der Waals surface area contributed by atoms with E-state index in [1.54, 1.807) is 17.7 Å². The summed E-state index contributed by atoms with van der Waals surface area (Å²) in [6.07, 6.45) is 1.74. The topological polar surface area (TPSA) is 69.1 Å². The summed E-state index contributed by atoms with van der Waals surface area (Å²) >= 11 is 1.58. The summed E-state index contributed by atoms with van der Waals surface area (Å²) < 4.78 is 1.87. The molecule has 2 N–H and O–H groups in total. The summed E-state index contributed by atoms with van der Waals surface area (Å²) in [5.41, 5.74) is 9.91. The number of aromatic nitrogens is 4. The molecule has 0 radical (unpaired) electrons. The number of hydrogen-bond acceptors (Lipinski definition) is 5. The first-order valence-electron chi connectivity index (χ1n) is 5.61. The van der Waals surface area contributed by atoms with E-state index < -0.39 is 0 Å². The van der Waals surface area contributed by atoms with Crippen LogP contribution in [-0.4, -0.2) is 19.6 Å². The van der Waals surface area contributed by atoms with Gasteiger partial charge in [0.25, 0.3) is 0 Å². The molecule has 0 fully saturated rings. The number of aryl methyl sites for hydroxylation is 2. The van der Waals surface area contributed by atoms with Gasteiger partial charge in [0.15, 0.2) is 11.5 Å². The summed E-state index contributed by atoms with van der Waals surface area (Å²) in [4.78, 5) is 5.49. The van der Waals surface area contributed by atoms with Crippen molar-refractivity contribution >= 4 is 22.0 Å². The molecule has 0 spiro atoms. The number of rotatable bonds is 1. The number of thiophene rings is 1. The van der Waals surface area contributed by atoms with Crippen molar-refractivity contribution in [2.75, 3.05) is 5.73 Å². The summed E-state index contributed by atoms with van der Waals surface area (Å²) in [7, 11) is 0. The minimum Gasteiger partial charge on any atom is -0.390 e. The summed E-state index contributed by atoms with van der Waals surface area (Å²) in [5.74, 6) is 0.761. The molecule has 0 aliphatic heterocycles. The third kappa shape index (κ3) is 1.49. The molecule has 18 heavy (non-hydrogen) atoms.